The van der Waals surface area contributed by atoms with Crippen LogP contribution in [-0.4, -0.2) is 45.4 Å². The van der Waals surface area contributed by atoms with Crippen LogP contribution in [0.3, 0.4) is 0 Å². The molecule has 2 N–H and O–H groups in total. The number of carbonyl (C=O) groups is 4. The Morgan fingerprint density at radius 1 is 1.10 bits per heavy atom. The van der Waals surface area contributed by atoms with Crippen LogP contribution >= 0.6 is 0 Å². The molecule has 7 heteroatoms. The second kappa shape index (κ2) is 4.96. The van der Waals surface area contributed by atoms with Gasteiger partial charge in [0.1, 0.15) is 6.54 Å². The fourth-order valence-corrected chi connectivity index (χ4v) is 1.86. The van der Waals surface area contributed by atoms with E-state index < -0.39 is 30.3 Å². The Hall–Kier alpha value is -2.96. The van der Waals surface area contributed by atoms with E-state index in [4.69, 9.17) is 10.2 Å². The number of carboxylic acid groups (broad SMARTS) is 2. The number of nitrogens with zero attached hydrogens (tertiary/aromatic N) is 1. The molecule has 0 fully saturated rings. The van der Waals surface area contributed by atoms with Crippen molar-refractivity contribution in [2.24, 2.45) is 0 Å². The van der Waals surface area contributed by atoms with Gasteiger partial charge in [0, 0.05) is 6.08 Å². The Kier molecular flexibility index (Phi) is 3.34. The van der Waals surface area contributed by atoms with Crippen LogP contribution in [0.5, 0.6) is 0 Å². The first-order valence-electron chi connectivity index (χ1n) is 5.53. The van der Waals surface area contributed by atoms with Crippen molar-refractivity contribution in [2.75, 3.05) is 6.54 Å². The van der Waals surface area contributed by atoms with Crippen molar-refractivity contribution in [3.8, 4) is 0 Å². The monoisotopic (exact) mass is 275 g/mol. The van der Waals surface area contributed by atoms with E-state index in [1.54, 1.807) is 0 Å². The largest absolute Gasteiger partial charge is 0.480 e. The Labute approximate surface area is 112 Å². The molecule has 102 valence electrons. The molecule has 0 bridgehead atoms. The number of fused-ring (bicyclic) bond motifs is 1. The third-order valence-corrected chi connectivity index (χ3v) is 2.71. The van der Waals surface area contributed by atoms with Gasteiger partial charge >= 0.3 is 11.9 Å². The van der Waals surface area contributed by atoms with Crippen LogP contribution in [0, 0.1) is 0 Å². The van der Waals surface area contributed by atoms with E-state index >= 15 is 0 Å². The molecule has 0 saturated carbocycles. The first-order chi connectivity index (χ1) is 9.40. The fraction of sp³-hybridized carbons (Fsp3) is 0.0769. The van der Waals surface area contributed by atoms with Crippen LogP contribution in [0.25, 0.3) is 6.08 Å². The molecule has 20 heavy (non-hydrogen) atoms. The molecular weight excluding hydrogens is 266 g/mol. The summed E-state index contributed by atoms with van der Waals surface area (Å²) in [6, 6.07) is 4.21. The number of amides is 2. The van der Waals surface area contributed by atoms with Gasteiger partial charge in [-0.2, -0.15) is 0 Å². The van der Waals surface area contributed by atoms with Gasteiger partial charge in [0.05, 0.1) is 11.1 Å². The fourth-order valence-electron chi connectivity index (χ4n) is 1.86. The van der Waals surface area contributed by atoms with Gasteiger partial charge in [-0.15, -0.1) is 0 Å². The molecule has 2 amide bonds. The number of carboxylic acids is 2. The molecule has 1 heterocycles. The summed E-state index contributed by atoms with van der Waals surface area (Å²) in [6.07, 6.45) is 2.18. The van der Waals surface area contributed by atoms with Gasteiger partial charge in [-0.25, -0.2) is 4.79 Å². The molecule has 1 aromatic rings. The summed E-state index contributed by atoms with van der Waals surface area (Å²) in [7, 11) is 0. The Balaban J connectivity index is 2.36. The quantitative estimate of drug-likeness (QED) is 0.610. The lowest BCUT2D eigenvalue weighted by atomic mass is 10.1. The van der Waals surface area contributed by atoms with E-state index in [0.717, 1.165) is 6.08 Å². The van der Waals surface area contributed by atoms with Crippen molar-refractivity contribution < 1.29 is 29.4 Å². The number of imide groups is 1. The van der Waals surface area contributed by atoms with E-state index in [2.05, 4.69) is 0 Å². The van der Waals surface area contributed by atoms with Crippen molar-refractivity contribution in [1.29, 1.82) is 0 Å². The second-order valence-electron chi connectivity index (χ2n) is 4.07. The van der Waals surface area contributed by atoms with Crippen molar-refractivity contribution in [3.05, 3.63) is 41.0 Å². The van der Waals surface area contributed by atoms with Crippen LogP contribution in [0.1, 0.15) is 26.3 Å². The van der Waals surface area contributed by atoms with E-state index in [9.17, 15) is 19.2 Å². The highest BCUT2D eigenvalue weighted by molar-refractivity contribution is 6.22. The third kappa shape index (κ3) is 2.41. The molecule has 0 saturated heterocycles. The predicted octanol–water partition coefficient (Wildman–Crippen LogP) is 0.465. The van der Waals surface area contributed by atoms with Crippen molar-refractivity contribution >= 4 is 29.8 Å². The molecule has 0 radical (unpaired) electrons. The zero-order valence-electron chi connectivity index (χ0n) is 10.1. The Morgan fingerprint density at radius 3 is 2.35 bits per heavy atom. The molecule has 0 aromatic heterocycles. The minimum atomic E-state index is -1.29. The van der Waals surface area contributed by atoms with Gasteiger partial charge in [0.15, 0.2) is 0 Å². The predicted molar refractivity (Wildman–Crippen MR) is 66.1 cm³/mol. The molecular formula is C13H9NO6. The number of benzene rings is 1. The molecule has 1 aromatic carbocycles. The maximum Gasteiger partial charge on any atom is 0.328 e. The van der Waals surface area contributed by atoms with Crippen LogP contribution < -0.4 is 0 Å². The van der Waals surface area contributed by atoms with Crippen LogP contribution in [0.2, 0.25) is 0 Å². The van der Waals surface area contributed by atoms with Gasteiger partial charge < -0.3 is 10.2 Å². The average molecular weight is 275 g/mol. The van der Waals surface area contributed by atoms with E-state index in [0.29, 0.717) is 10.5 Å². The highest BCUT2D eigenvalue weighted by atomic mass is 16.4. The van der Waals surface area contributed by atoms with E-state index in [-0.39, 0.29) is 11.1 Å². The minimum Gasteiger partial charge on any atom is -0.480 e. The summed E-state index contributed by atoms with van der Waals surface area (Å²) in [4.78, 5) is 45.5. The molecule has 1 aliphatic rings. The average Bonchev–Trinajstić information content (AvgIpc) is 2.61. The van der Waals surface area contributed by atoms with Crippen LogP contribution in [0.4, 0.5) is 0 Å². The summed E-state index contributed by atoms with van der Waals surface area (Å²) in [6.45, 7) is -0.702. The van der Waals surface area contributed by atoms with Gasteiger partial charge in [-0.3, -0.25) is 19.3 Å². The van der Waals surface area contributed by atoms with Crippen molar-refractivity contribution in [1.82, 2.24) is 4.90 Å². The maximum absolute atomic E-state index is 11.9. The summed E-state index contributed by atoms with van der Waals surface area (Å²) in [5.74, 6) is -3.79. The Bertz CT molecular complexity index is 661. The zero-order valence-corrected chi connectivity index (χ0v) is 10.1. The van der Waals surface area contributed by atoms with E-state index in [1.165, 1.54) is 24.3 Å². The first kappa shape index (κ1) is 13.5. The maximum atomic E-state index is 11.9. The Morgan fingerprint density at radius 2 is 1.75 bits per heavy atom. The standard InChI is InChI=1S/C13H9NO6/c15-10(16)4-2-7-1-3-8-9(5-7)13(20)14(12(8)19)6-11(17)18/h1-5H,6H2,(H,15,16)(H,17,18)/b4-2+. The van der Waals surface area contributed by atoms with Gasteiger partial charge in [0.25, 0.3) is 11.8 Å². The molecule has 7 nitrogen and oxygen atoms in total. The summed E-state index contributed by atoms with van der Waals surface area (Å²) >= 11 is 0. The van der Waals surface area contributed by atoms with Gasteiger partial charge in [-0.05, 0) is 23.8 Å². The first-order valence-corrected chi connectivity index (χ1v) is 5.53. The highest BCUT2D eigenvalue weighted by Crippen LogP contribution is 2.24. The summed E-state index contributed by atoms with van der Waals surface area (Å²) < 4.78 is 0. The molecule has 0 atom stereocenters. The molecule has 1 aliphatic heterocycles. The number of rotatable bonds is 4. The topological polar surface area (TPSA) is 112 Å². The number of aliphatic carboxylic acids is 2. The number of carbonyl (C=O) groups excluding carboxylic acids is 2. The lowest BCUT2D eigenvalue weighted by Gasteiger charge is -2.09. The normalized spacial score (nSPS) is 13.9. The summed E-state index contributed by atoms with van der Waals surface area (Å²) in [5.41, 5.74) is 0.622. The van der Waals surface area contributed by atoms with Crippen LogP contribution in [-0.2, 0) is 9.59 Å². The molecule has 2 rings (SSSR count). The molecule has 0 aliphatic carbocycles. The van der Waals surface area contributed by atoms with Gasteiger partial charge in [0.2, 0.25) is 0 Å². The number of hydrogen-bond acceptors (Lipinski definition) is 4. The second-order valence-corrected chi connectivity index (χ2v) is 4.07. The van der Waals surface area contributed by atoms with E-state index in [1.807, 2.05) is 0 Å². The highest BCUT2D eigenvalue weighted by Gasteiger charge is 2.36. The van der Waals surface area contributed by atoms with Crippen molar-refractivity contribution in [2.45, 2.75) is 0 Å². The minimum absolute atomic E-state index is 0.0730. The lowest BCUT2D eigenvalue weighted by Crippen LogP contribution is -2.34. The lowest BCUT2D eigenvalue weighted by molar-refractivity contribution is -0.137. The summed E-state index contributed by atoms with van der Waals surface area (Å²) in [5, 5.41) is 17.2. The number of hydrogen-bond donors (Lipinski definition) is 2. The smallest absolute Gasteiger partial charge is 0.328 e. The SMILES string of the molecule is O=C(O)/C=C/c1ccc2c(c1)C(=O)N(CC(=O)O)C2=O. The van der Waals surface area contributed by atoms with Crippen molar-refractivity contribution in [3.63, 3.8) is 0 Å². The molecule has 0 unspecified atom stereocenters. The molecule has 0 spiro atoms. The van der Waals surface area contributed by atoms with Gasteiger partial charge in [-0.1, -0.05) is 6.07 Å². The third-order valence-electron chi connectivity index (χ3n) is 2.71. The van der Waals surface area contributed by atoms with Crippen LogP contribution in [0.15, 0.2) is 24.3 Å². The zero-order chi connectivity index (χ0) is 14.9.